The molecule has 28 heavy (non-hydrogen) atoms. The van der Waals surface area contributed by atoms with Gasteiger partial charge in [0.2, 0.25) is 0 Å². The van der Waals surface area contributed by atoms with Crippen molar-refractivity contribution >= 4 is 46.2 Å². The topological polar surface area (TPSA) is 55.6 Å². The first kappa shape index (κ1) is 18.4. The van der Waals surface area contributed by atoms with Gasteiger partial charge in [-0.1, -0.05) is 11.6 Å². The smallest absolute Gasteiger partial charge is 0.264 e. The van der Waals surface area contributed by atoms with Gasteiger partial charge in [0.05, 0.1) is 17.7 Å². The number of amidine groups is 1. The molecule has 2 aromatic carbocycles. The predicted molar refractivity (Wildman–Crippen MR) is 115 cm³/mol. The number of benzene rings is 2. The molecule has 0 radical (unpaired) electrons. The van der Waals surface area contributed by atoms with Gasteiger partial charge in [-0.25, -0.2) is 4.99 Å². The molecule has 2 heterocycles. The van der Waals surface area contributed by atoms with Crippen LogP contribution in [0.1, 0.15) is 5.56 Å². The number of thioether (sulfide) groups is 1. The molecular formula is C21H16ClN3O2S. The lowest BCUT2D eigenvalue weighted by molar-refractivity contribution is -0.115. The molecule has 0 unspecified atom stereocenters. The van der Waals surface area contributed by atoms with E-state index >= 15 is 0 Å². The fraction of sp³-hybridized carbons (Fsp3) is 0.0476. The van der Waals surface area contributed by atoms with Gasteiger partial charge in [0.25, 0.3) is 5.91 Å². The Hall–Kier alpha value is -2.96. The number of nitrogens with one attached hydrogen (secondary N) is 1. The molecule has 0 bridgehead atoms. The normalized spacial score (nSPS) is 16.6. The Kier molecular flexibility index (Phi) is 5.23. The second kappa shape index (κ2) is 7.96. The number of nitrogens with zero attached hydrogens (tertiary/aromatic N) is 2. The molecule has 1 N–H and O–H groups in total. The van der Waals surface area contributed by atoms with Crippen LogP contribution in [0.5, 0.6) is 5.75 Å². The van der Waals surface area contributed by atoms with Crippen molar-refractivity contribution in [3.05, 3.63) is 82.5 Å². The molecule has 0 atom stereocenters. The average molecular weight is 410 g/mol. The van der Waals surface area contributed by atoms with E-state index in [4.69, 9.17) is 16.3 Å². The summed E-state index contributed by atoms with van der Waals surface area (Å²) in [4.78, 5) is 17.3. The quantitative estimate of drug-likeness (QED) is 0.615. The van der Waals surface area contributed by atoms with E-state index in [1.807, 2.05) is 53.4 Å². The Balaban J connectivity index is 1.52. The highest BCUT2D eigenvalue weighted by atomic mass is 35.5. The maximum atomic E-state index is 12.3. The van der Waals surface area contributed by atoms with Crippen molar-refractivity contribution < 1.29 is 9.53 Å². The minimum atomic E-state index is -0.157. The SMILES string of the molecule is COc1ccc(-n2ccc(/C=C3/SC(=Nc4ccc(Cl)cc4)NC3=O)c2)cc1. The number of hydrogen-bond acceptors (Lipinski definition) is 4. The summed E-state index contributed by atoms with van der Waals surface area (Å²) in [6, 6.07) is 16.9. The van der Waals surface area contributed by atoms with Crippen molar-refractivity contribution in [3.8, 4) is 11.4 Å². The molecule has 3 aromatic rings. The third kappa shape index (κ3) is 4.13. The van der Waals surface area contributed by atoms with E-state index in [0.29, 0.717) is 15.1 Å². The zero-order chi connectivity index (χ0) is 19.5. The molecule has 7 heteroatoms. The number of hydrogen-bond donors (Lipinski definition) is 1. The number of aliphatic imine (C=N–C) groups is 1. The lowest BCUT2D eigenvalue weighted by atomic mass is 10.3. The van der Waals surface area contributed by atoms with Crippen LogP contribution in [0.25, 0.3) is 11.8 Å². The molecule has 1 aromatic heterocycles. The van der Waals surface area contributed by atoms with Gasteiger partial charge in [-0.3, -0.25) is 4.79 Å². The molecule has 1 aliphatic rings. The highest BCUT2D eigenvalue weighted by Crippen LogP contribution is 2.28. The van der Waals surface area contributed by atoms with Gasteiger partial charge in [-0.15, -0.1) is 0 Å². The summed E-state index contributed by atoms with van der Waals surface area (Å²) < 4.78 is 7.18. The lowest BCUT2D eigenvalue weighted by Gasteiger charge is -2.04. The summed E-state index contributed by atoms with van der Waals surface area (Å²) in [5.74, 6) is 0.652. The first-order chi connectivity index (χ1) is 13.6. The second-order valence-corrected chi connectivity index (χ2v) is 7.48. The fourth-order valence-electron chi connectivity index (χ4n) is 2.68. The van der Waals surface area contributed by atoms with Crippen molar-refractivity contribution in [1.82, 2.24) is 9.88 Å². The summed E-state index contributed by atoms with van der Waals surface area (Å²) in [6.45, 7) is 0. The van der Waals surface area contributed by atoms with Crippen molar-refractivity contribution in [1.29, 1.82) is 0 Å². The Morgan fingerprint density at radius 1 is 1.11 bits per heavy atom. The van der Waals surface area contributed by atoms with E-state index in [2.05, 4.69) is 10.3 Å². The number of amides is 1. The number of halogens is 1. The Morgan fingerprint density at radius 2 is 1.86 bits per heavy atom. The zero-order valence-corrected chi connectivity index (χ0v) is 16.5. The van der Waals surface area contributed by atoms with Crippen LogP contribution >= 0.6 is 23.4 Å². The number of rotatable bonds is 4. The van der Waals surface area contributed by atoms with Gasteiger partial charge in [0, 0.05) is 23.1 Å². The number of methoxy groups -OCH3 is 1. The highest BCUT2D eigenvalue weighted by molar-refractivity contribution is 8.18. The third-order valence-corrected chi connectivity index (χ3v) is 5.25. The van der Waals surface area contributed by atoms with Crippen molar-refractivity contribution in [2.75, 3.05) is 7.11 Å². The number of ether oxygens (including phenoxy) is 1. The first-order valence-electron chi connectivity index (χ1n) is 8.48. The predicted octanol–water partition coefficient (Wildman–Crippen LogP) is 5.03. The maximum Gasteiger partial charge on any atom is 0.264 e. The van der Waals surface area contributed by atoms with Crippen LogP contribution in [-0.2, 0) is 4.79 Å². The van der Waals surface area contributed by atoms with Crippen LogP contribution in [0.4, 0.5) is 5.69 Å². The van der Waals surface area contributed by atoms with Crippen molar-refractivity contribution in [3.63, 3.8) is 0 Å². The fourth-order valence-corrected chi connectivity index (χ4v) is 3.65. The van der Waals surface area contributed by atoms with E-state index in [-0.39, 0.29) is 5.91 Å². The molecule has 0 aliphatic carbocycles. The minimum absolute atomic E-state index is 0.157. The van der Waals surface area contributed by atoms with Crippen LogP contribution in [0.2, 0.25) is 5.02 Å². The van der Waals surface area contributed by atoms with Gasteiger partial charge in [0.15, 0.2) is 5.17 Å². The highest BCUT2D eigenvalue weighted by Gasteiger charge is 2.23. The van der Waals surface area contributed by atoms with Crippen molar-refractivity contribution in [2.24, 2.45) is 4.99 Å². The molecule has 0 spiro atoms. The van der Waals surface area contributed by atoms with Gasteiger partial charge in [-0.2, -0.15) is 0 Å². The number of aromatic nitrogens is 1. The summed E-state index contributed by atoms with van der Waals surface area (Å²) in [6.07, 6.45) is 5.77. The third-order valence-electron chi connectivity index (χ3n) is 4.09. The van der Waals surface area contributed by atoms with Gasteiger partial charge in [-0.05, 0) is 78.0 Å². The summed E-state index contributed by atoms with van der Waals surface area (Å²) in [7, 11) is 1.64. The monoisotopic (exact) mass is 409 g/mol. The van der Waals surface area contributed by atoms with Crippen LogP contribution in [0, 0.1) is 0 Å². The van der Waals surface area contributed by atoms with Crippen LogP contribution in [0.3, 0.4) is 0 Å². The Labute approximate surface area is 171 Å². The van der Waals surface area contributed by atoms with Gasteiger partial charge < -0.3 is 14.6 Å². The minimum Gasteiger partial charge on any atom is -0.497 e. The average Bonchev–Trinajstić information content (AvgIpc) is 3.31. The van der Waals surface area contributed by atoms with Gasteiger partial charge in [0.1, 0.15) is 5.75 Å². The molecule has 1 aliphatic heterocycles. The number of carbonyl (C=O) groups excluding carboxylic acids is 1. The molecule has 1 amide bonds. The van der Waals surface area contributed by atoms with E-state index in [1.165, 1.54) is 11.8 Å². The Bertz CT molecular complexity index is 1070. The molecule has 1 fully saturated rings. The van der Waals surface area contributed by atoms with E-state index in [9.17, 15) is 4.79 Å². The van der Waals surface area contributed by atoms with Crippen LogP contribution < -0.4 is 10.1 Å². The van der Waals surface area contributed by atoms with Gasteiger partial charge >= 0.3 is 0 Å². The first-order valence-corrected chi connectivity index (χ1v) is 9.68. The molecule has 5 nitrogen and oxygen atoms in total. The standard InChI is InChI=1S/C21H16ClN3O2S/c1-27-18-8-6-17(7-9-18)25-11-10-14(13-25)12-19-20(26)24-21(28-19)23-16-4-2-15(22)3-5-16/h2-13H,1H3,(H,23,24,26)/b19-12+. The largest absolute Gasteiger partial charge is 0.497 e. The summed E-state index contributed by atoms with van der Waals surface area (Å²) in [5.41, 5.74) is 2.68. The molecule has 1 saturated heterocycles. The Morgan fingerprint density at radius 3 is 2.57 bits per heavy atom. The molecule has 0 saturated carbocycles. The molecule has 140 valence electrons. The van der Waals surface area contributed by atoms with E-state index in [0.717, 1.165) is 22.7 Å². The second-order valence-electron chi connectivity index (χ2n) is 6.01. The van der Waals surface area contributed by atoms with E-state index < -0.39 is 0 Å². The lowest BCUT2D eigenvalue weighted by Crippen LogP contribution is -2.19. The van der Waals surface area contributed by atoms with Crippen LogP contribution in [-0.4, -0.2) is 22.8 Å². The summed E-state index contributed by atoms with van der Waals surface area (Å²) in [5, 5.41) is 3.99. The maximum absolute atomic E-state index is 12.3. The number of carbonyl (C=O) groups is 1. The molecule has 4 rings (SSSR count). The van der Waals surface area contributed by atoms with E-state index in [1.54, 1.807) is 31.4 Å². The van der Waals surface area contributed by atoms with Crippen LogP contribution in [0.15, 0.2) is 76.9 Å². The summed E-state index contributed by atoms with van der Waals surface area (Å²) >= 11 is 7.20. The molecular weight excluding hydrogens is 394 g/mol. The van der Waals surface area contributed by atoms with Crippen molar-refractivity contribution in [2.45, 2.75) is 0 Å². The zero-order valence-electron chi connectivity index (χ0n) is 14.9.